The van der Waals surface area contributed by atoms with Crippen LogP contribution in [0, 0.1) is 6.92 Å². The van der Waals surface area contributed by atoms with Crippen molar-refractivity contribution in [2.24, 2.45) is 0 Å². The lowest BCUT2D eigenvalue weighted by Gasteiger charge is -2.10. The molecule has 0 aliphatic heterocycles. The third kappa shape index (κ3) is 7.50. The molecule has 2 amide bonds. The second kappa shape index (κ2) is 11.5. The minimum absolute atomic E-state index is 0.106. The largest absolute Gasteiger partial charge is 0.513 e. The van der Waals surface area contributed by atoms with Crippen LogP contribution in [0.1, 0.15) is 34.0 Å². The summed E-state index contributed by atoms with van der Waals surface area (Å²) < 4.78 is 9.69. The van der Waals surface area contributed by atoms with E-state index in [1.807, 2.05) is 49.4 Å². The second-order valence-electron chi connectivity index (χ2n) is 7.40. The highest BCUT2D eigenvalue weighted by atomic mass is 16.7. The van der Waals surface area contributed by atoms with E-state index in [0.29, 0.717) is 23.5 Å². The van der Waals surface area contributed by atoms with E-state index in [2.05, 4.69) is 10.6 Å². The maximum atomic E-state index is 12.4. The zero-order valence-corrected chi connectivity index (χ0v) is 18.6. The van der Waals surface area contributed by atoms with E-state index in [0.717, 1.165) is 16.7 Å². The molecule has 0 saturated heterocycles. The zero-order valence-electron chi connectivity index (χ0n) is 18.6. The number of rotatable bonds is 8. The topological polar surface area (TPSA) is 93.7 Å². The van der Waals surface area contributed by atoms with Gasteiger partial charge in [-0.25, -0.2) is 4.79 Å². The van der Waals surface area contributed by atoms with Crippen molar-refractivity contribution in [1.82, 2.24) is 5.32 Å². The highest BCUT2D eigenvalue weighted by Gasteiger charge is 2.09. The molecule has 170 valence electrons. The second-order valence-corrected chi connectivity index (χ2v) is 7.40. The molecule has 0 saturated carbocycles. The van der Waals surface area contributed by atoms with Crippen LogP contribution in [0.3, 0.4) is 0 Å². The lowest BCUT2D eigenvalue weighted by atomic mass is 10.1. The highest BCUT2D eigenvalue weighted by molar-refractivity contribution is 5.94. The van der Waals surface area contributed by atoms with Crippen molar-refractivity contribution in [2.75, 3.05) is 11.9 Å². The third-order valence-corrected chi connectivity index (χ3v) is 4.73. The summed E-state index contributed by atoms with van der Waals surface area (Å²) in [6.07, 6.45) is -0.502. The van der Waals surface area contributed by atoms with Gasteiger partial charge in [-0.3, -0.25) is 9.59 Å². The first-order valence-corrected chi connectivity index (χ1v) is 10.6. The van der Waals surface area contributed by atoms with E-state index >= 15 is 0 Å². The minimum atomic E-state index is -0.791. The number of benzene rings is 3. The summed E-state index contributed by atoms with van der Waals surface area (Å²) in [5.74, 6) is -0.0873. The van der Waals surface area contributed by atoms with E-state index in [4.69, 9.17) is 9.47 Å². The standard InChI is InChI=1S/C26H26N2O5/c1-3-32-26(31)33-23-13-11-21(12-14-23)25(30)27-17-20-5-4-6-22(15-20)28-24(29)16-19-9-7-18(2)8-10-19/h4-15H,3,16-17H2,1-2H3,(H,27,30)(H,28,29). The fraction of sp³-hybridized carbons (Fsp3) is 0.192. The van der Waals surface area contributed by atoms with Crippen molar-refractivity contribution < 1.29 is 23.9 Å². The van der Waals surface area contributed by atoms with Crippen LogP contribution >= 0.6 is 0 Å². The van der Waals surface area contributed by atoms with Gasteiger partial charge in [0.1, 0.15) is 5.75 Å². The fourth-order valence-electron chi connectivity index (χ4n) is 3.06. The van der Waals surface area contributed by atoms with Crippen molar-refractivity contribution in [3.05, 3.63) is 95.1 Å². The van der Waals surface area contributed by atoms with Gasteiger partial charge < -0.3 is 20.1 Å². The number of carbonyl (C=O) groups is 3. The van der Waals surface area contributed by atoms with Gasteiger partial charge in [-0.05, 0) is 61.4 Å². The molecule has 2 N–H and O–H groups in total. The summed E-state index contributed by atoms with van der Waals surface area (Å²) >= 11 is 0. The van der Waals surface area contributed by atoms with E-state index < -0.39 is 6.16 Å². The molecule has 0 fully saturated rings. The molecule has 0 heterocycles. The molecule has 0 unspecified atom stereocenters. The number of anilines is 1. The van der Waals surface area contributed by atoms with Crippen LogP contribution in [0.2, 0.25) is 0 Å². The lowest BCUT2D eigenvalue weighted by molar-refractivity contribution is -0.115. The maximum Gasteiger partial charge on any atom is 0.513 e. The van der Waals surface area contributed by atoms with Crippen LogP contribution in [0.4, 0.5) is 10.5 Å². The number of hydrogen-bond donors (Lipinski definition) is 2. The van der Waals surface area contributed by atoms with Gasteiger partial charge in [0.2, 0.25) is 5.91 Å². The summed E-state index contributed by atoms with van der Waals surface area (Å²) in [6.45, 7) is 4.20. The van der Waals surface area contributed by atoms with Gasteiger partial charge in [0.05, 0.1) is 13.0 Å². The predicted molar refractivity (Wildman–Crippen MR) is 125 cm³/mol. The minimum Gasteiger partial charge on any atom is -0.434 e. The van der Waals surface area contributed by atoms with Gasteiger partial charge in [-0.15, -0.1) is 0 Å². The monoisotopic (exact) mass is 446 g/mol. The summed E-state index contributed by atoms with van der Waals surface area (Å²) in [7, 11) is 0. The molecule has 3 rings (SSSR count). The van der Waals surface area contributed by atoms with Gasteiger partial charge in [0, 0.05) is 17.8 Å². The van der Waals surface area contributed by atoms with Crippen molar-refractivity contribution in [3.63, 3.8) is 0 Å². The first-order valence-electron chi connectivity index (χ1n) is 10.6. The lowest BCUT2D eigenvalue weighted by Crippen LogP contribution is -2.23. The summed E-state index contributed by atoms with van der Waals surface area (Å²) in [5.41, 5.74) is 4.03. The average molecular weight is 447 g/mol. The molecule has 7 heteroatoms. The van der Waals surface area contributed by atoms with E-state index in [1.54, 1.807) is 25.1 Å². The molecule has 0 aliphatic carbocycles. The van der Waals surface area contributed by atoms with Crippen molar-refractivity contribution in [1.29, 1.82) is 0 Å². The number of amides is 2. The fourth-order valence-corrected chi connectivity index (χ4v) is 3.06. The quantitative estimate of drug-likeness (QED) is 0.388. The smallest absolute Gasteiger partial charge is 0.434 e. The Morgan fingerprint density at radius 2 is 1.61 bits per heavy atom. The Kier molecular flexibility index (Phi) is 8.18. The Labute approximate surface area is 192 Å². The summed E-state index contributed by atoms with van der Waals surface area (Å²) in [6, 6.07) is 21.3. The normalized spacial score (nSPS) is 10.2. The van der Waals surface area contributed by atoms with Crippen LogP contribution in [-0.4, -0.2) is 24.6 Å². The Hall–Kier alpha value is -4.13. The number of hydrogen-bond acceptors (Lipinski definition) is 5. The van der Waals surface area contributed by atoms with Gasteiger partial charge >= 0.3 is 6.16 Å². The van der Waals surface area contributed by atoms with Crippen LogP contribution in [0.25, 0.3) is 0 Å². The number of carbonyl (C=O) groups excluding carboxylic acids is 3. The molecule has 7 nitrogen and oxygen atoms in total. The van der Waals surface area contributed by atoms with Crippen molar-refractivity contribution >= 4 is 23.7 Å². The molecular formula is C26H26N2O5. The number of aryl methyl sites for hydroxylation is 1. The first-order chi connectivity index (χ1) is 15.9. The molecule has 0 aliphatic rings. The van der Waals surface area contributed by atoms with E-state index in [9.17, 15) is 14.4 Å². The first kappa shape index (κ1) is 23.5. The van der Waals surface area contributed by atoms with E-state index in [1.165, 1.54) is 12.1 Å². The molecule has 3 aromatic carbocycles. The Bertz CT molecular complexity index is 1110. The third-order valence-electron chi connectivity index (χ3n) is 4.73. The molecule has 3 aromatic rings. The molecule has 0 bridgehead atoms. The Morgan fingerprint density at radius 1 is 0.879 bits per heavy atom. The van der Waals surface area contributed by atoms with Gasteiger partial charge in [-0.1, -0.05) is 42.0 Å². The van der Waals surface area contributed by atoms with Crippen LogP contribution in [0.5, 0.6) is 5.75 Å². The molecule has 0 spiro atoms. The van der Waals surface area contributed by atoms with E-state index in [-0.39, 0.29) is 24.8 Å². The van der Waals surface area contributed by atoms with Crippen LogP contribution in [-0.2, 0) is 22.5 Å². The van der Waals surface area contributed by atoms with Crippen molar-refractivity contribution in [3.8, 4) is 5.75 Å². The SMILES string of the molecule is CCOC(=O)Oc1ccc(C(=O)NCc2cccc(NC(=O)Cc3ccc(C)cc3)c2)cc1. The molecule has 0 radical (unpaired) electrons. The van der Waals surface area contributed by atoms with Gasteiger partial charge in [-0.2, -0.15) is 0 Å². The molecule has 33 heavy (non-hydrogen) atoms. The highest BCUT2D eigenvalue weighted by Crippen LogP contribution is 2.15. The molecule has 0 aromatic heterocycles. The number of ether oxygens (including phenoxy) is 2. The summed E-state index contributed by atoms with van der Waals surface area (Å²) in [4.78, 5) is 36.1. The Balaban J connectivity index is 1.51. The molecular weight excluding hydrogens is 420 g/mol. The average Bonchev–Trinajstić information content (AvgIpc) is 2.80. The zero-order chi connectivity index (χ0) is 23.6. The van der Waals surface area contributed by atoms with Crippen LogP contribution < -0.4 is 15.4 Å². The van der Waals surface area contributed by atoms with Gasteiger partial charge in [0.25, 0.3) is 5.91 Å². The number of nitrogens with one attached hydrogen (secondary N) is 2. The van der Waals surface area contributed by atoms with Crippen molar-refractivity contribution in [2.45, 2.75) is 26.8 Å². The molecule has 0 atom stereocenters. The Morgan fingerprint density at radius 3 is 2.30 bits per heavy atom. The van der Waals surface area contributed by atoms with Crippen LogP contribution in [0.15, 0.2) is 72.8 Å². The maximum absolute atomic E-state index is 12.4. The van der Waals surface area contributed by atoms with Gasteiger partial charge in [0.15, 0.2) is 0 Å². The predicted octanol–water partition coefficient (Wildman–Crippen LogP) is 4.64. The summed E-state index contributed by atoms with van der Waals surface area (Å²) in [5, 5.41) is 5.73.